The zero-order valence-corrected chi connectivity index (χ0v) is 12.0. The fourth-order valence-electron chi connectivity index (χ4n) is 1.92. The molecule has 0 spiro atoms. The zero-order chi connectivity index (χ0) is 13.8. The van der Waals surface area contributed by atoms with Gasteiger partial charge in [0.25, 0.3) is 0 Å². The lowest BCUT2D eigenvalue weighted by molar-refractivity contribution is -0.116. The number of hydrogen-bond acceptors (Lipinski definition) is 4. The number of benzene rings is 1. The molecule has 0 saturated heterocycles. The zero-order valence-electron chi connectivity index (χ0n) is 10.4. The van der Waals surface area contributed by atoms with E-state index in [1.807, 2.05) is 19.1 Å². The molecule has 6 heteroatoms. The number of amides is 1. The summed E-state index contributed by atoms with van der Waals surface area (Å²) in [5.74, 6) is 1.13. The Bertz CT molecular complexity index is 530. The second-order valence-electron chi connectivity index (χ2n) is 4.17. The van der Waals surface area contributed by atoms with Gasteiger partial charge in [0.15, 0.2) is 5.75 Å². The lowest BCUT2D eigenvalue weighted by Gasteiger charge is -2.33. The molecule has 1 aliphatic heterocycles. The Morgan fingerprint density at radius 3 is 3.21 bits per heavy atom. The van der Waals surface area contributed by atoms with Gasteiger partial charge in [-0.15, -0.1) is 11.8 Å². The van der Waals surface area contributed by atoms with Crippen molar-refractivity contribution in [3.63, 3.8) is 0 Å². The normalized spacial score (nSPS) is 17.3. The van der Waals surface area contributed by atoms with Crippen LogP contribution in [0.25, 0.3) is 0 Å². The van der Waals surface area contributed by atoms with Crippen molar-refractivity contribution in [1.29, 1.82) is 5.26 Å². The van der Waals surface area contributed by atoms with Crippen LogP contribution in [0.3, 0.4) is 0 Å². The third kappa shape index (κ3) is 3.14. The fourth-order valence-corrected chi connectivity index (χ4v) is 2.66. The third-order valence-electron chi connectivity index (χ3n) is 2.69. The number of para-hydroxylation sites is 1. The molecule has 1 amide bonds. The predicted molar refractivity (Wildman–Crippen MR) is 76.8 cm³/mol. The van der Waals surface area contributed by atoms with Gasteiger partial charge in [-0.25, -0.2) is 0 Å². The van der Waals surface area contributed by atoms with Crippen molar-refractivity contribution in [2.75, 3.05) is 23.0 Å². The van der Waals surface area contributed by atoms with Crippen molar-refractivity contribution in [3.05, 3.63) is 23.2 Å². The van der Waals surface area contributed by atoms with Gasteiger partial charge in [0, 0.05) is 0 Å². The van der Waals surface area contributed by atoms with Crippen LogP contribution in [-0.2, 0) is 4.79 Å². The minimum Gasteiger partial charge on any atom is -0.485 e. The quantitative estimate of drug-likeness (QED) is 0.805. The molecule has 19 heavy (non-hydrogen) atoms. The molecule has 100 valence electrons. The molecule has 0 N–H and O–H groups in total. The number of nitriles is 1. The molecular weight excluding hydrogens is 284 g/mol. The molecule has 1 heterocycles. The van der Waals surface area contributed by atoms with Crippen LogP contribution in [0.15, 0.2) is 18.2 Å². The van der Waals surface area contributed by atoms with Crippen LogP contribution in [0.1, 0.15) is 6.92 Å². The van der Waals surface area contributed by atoms with Gasteiger partial charge < -0.3 is 9.64 Å². The highest BCUT2D eigenvalue weighted by Crippen LogP contribution is 2.39. The number of anilines is 1. The summed E-state index contributed by atoms with van der Waals surface area (Å²) in [7, 11) is 0. The molecule has 0 radical (unpaired) electrons. The molecule has 1 aromatic carbocycles. The summed E-state index contributed by atoms with van der Waals surface area (Å²) in [4.78, 5) is 13.9. The molecule has 0 aliphatic carbocycles. The van der Waals surface area contributed by atoms with E-state index in [-0.39, 0.29) is 17.8 Å². The summed E-state index contributed by atoms with van der Waals surface area (Å²) in [6.45, 7) is 2.40. The molecule has 4 nitrogen and oxygen atoms in total. The van der Waals surface area contributed by atoms with Crippen LogP contribution in [0.2, 0.25) is 5.02 Å². The van der Waals surface area contributed by atoms with Crippen molar-refractivity contribution >= 4 is 35.0 Å². The van der Waals surface area contributed by atoms with Gasteiger partial charge in [0.05, 0.1) is 34.8 Å². The van der Waals surface area contributed by atoms with Gasteiger partial charge in [-0.1, -0.05) is 17.7 Å². The van der Waals surface area contributed by atoms with E-state index in [0.717, 1.165) is 0 Å². The maximum Gasteiger partial charge on any atom is 0.237 e. The van der Waals surface area contributed by atoms with Crippen molar-refractivity contribution in [2.24, 2.45) is 0 Å². The smallest absolute Gasteiger partial charge is 0.237 e. The standard InChI is InChI=1S/C13H13ClN2O2S/c1-9-7-16(12(17)8-19-6-5-15)11-4-2-3-10(14)13(11)18-9/h2-4,9H,6-8H2,1H3/t9-/m0/s1. The average molecular weight is 297 g/mol. The minimum atomic E-state index is -0.0997. The molecule has 0 bridgehead atoms. The largest absolute Gasteiger partial charge is 0.485 e. The number of thioether (sulfide) groups is 1. The average Bonchev–Trinajstić information content (AvgIpc) is 2.39. The summed E-state index contributed by atoms with van der Waals surface area (Å²) in [5.41, 5.74) is 0.702. The van der Waals surface area contributed by atoms with Gasteiger partial charge in [0.1, 0.15) is 6.10 Å². The molecule has 0 fully saturated rings. The summed E-state index contributed by atoms with van der Waals surface area (Å²) < 4.78 is 5.68. The Morgan fingerprint density at radius 1 is 1.68 bits per heavy atom. The van der Waals surface area contributed by atoms with E-state index in [4.69, 9.17) is 21.6 Å². The van der Waals surface area contributed by atoms with Crippen LogP contribution in [-0.4, -0.2) is 30.1 Å². The predicted octanol–water partition coefficient (Wildman–Crippen LogP) is 2.71. The Hall–Kier alpha value is -1.38. The molecule has 2 rings (SSSR count). The molecular formula is C13H13ClN2O2S. The van der Waals surface area contributed by atoms with Crippen molar-refractivity contribution in [1.82, 2.24) is 0 Å². The number of ether oxygens (including phenoxy) is 1. The van der Waals surface area contributed by atoms with E-state index in [1.165, 1.54) is 11.8 Å². The number of nitrogens with zero attached hydrogens (tertiary/aromatic N) is 2. The molecule has 0 unspecified atom stereocenters. The number of fused-ring (bicyclic) bond motifs is 1. The van der Waals surface area contributed by atoms with E-state index in [0.29, 0.717) is 28.8 Å². The lowest BCUT2D eigenvalue weighted by Crippen LogP contribution is -2.43. The Morgan fingerprint density at radius 2 is 2.47 bits per heavy atom. The highest BCUT2D eigenvalue weighted by Gasteiger charge is 2.28. The topological polar surface area (TPSA) is 53.3 Å². The van der Waals surface area contributed by atoms with Crippen LogP contribution in [0.4, 0.5) is 5.69 Å². The summed E-state index contributed by atoms with van der Waals surface area (Å²) in [6.07, 6.45) is -0.0997. The Labute approximate surface area is 121 Å². The highest BCUT2D eigenvalue weighted by atomic mass is 35.5. The van der Waals surface area contributed by atoms with E-state index < -0.39 is 0 Å². The summed E-state index contributed by atoms with van der Waals surface area (Å²) in [6, 6.07) is 7.37. The Balaban J connectivity index is 2.21. The van der Waals surface area contributed by atoms with Gasteiger partial charge in [-0.05, 0) is 19.1 Å². The maximum atomic E-state index is 12.2. The van der Waals surface area contributed by atoms with E-state index in [9.17, 15) is 4.79 Å². The highest BCUT2D eigenvalue weighted by molar-refractivity contribution is 8.00. The first-order chi connectivity index (χ1) is 9.13. The number of carbonyl (C=O) groups is 1. The second kappa shape index (κ2) is 6.18. The van der Waals surface area contributed by atoms with Crippen LogP contribution >= 0.6 is 23.4 Å². The molecule has 1 atom stereocenters. The van der Waals surface area contributed by atoms with E-state index >= 15 is 0 Å². The molecule has 0 aromatic heterocycles. The second-order valence-corrected chi connectivity index (χ2v) is 5.56. The number of hydrogen-bond donors (Lipinski definition) is 0. The first kappa shape index (κ1) is 14.0. The van der Waals surface area contributed by atoms with Gasteiger partial charge in [-0.3, -0.25) is 4.79 Å². The molecule has 1 aliphatic rings. The first-order valence-electron chi connectivity index (χ1n) is 5.83. The van der Waals surface area contributed by atoms with Crippen molar-refractivity contribution < 1.29 is 9.53 Å². The monoisotopic (exact) mass is 296 g/mol. The molecule has 0 saturated carbocycles. The van der Waals surface area contributed by atoms with E-state index in [1.54, 1.807) is 17.0 Å². The van der Waals surface area contributed by atoms with Crippen LogP contribution in [0.5, 0.6) is 5.75 Å². The maximum absolute atomic E-state index is 12.2. The van der Waals surface area contributed by atoms with Gasteiger partial charge in [0.2, 0.25) is 5.91 Å². The van der Waals surface area contributed by atoms with Crippen LogP contribution < -0.4 is 9.64 Å². The summed E-state index contributed by atoms with van der Waals surface area (Å²) >= 11 is 7.40. The Kier molecular flexibility index (Phi) is 4.56. The van der Waals surface area contributed by atoms with Gasteiger partial charge >= 0.3 is 0 Å². The van der Waals surface area contributed by atoms with Crippen molar-refractivity contribution in [2.45, 2.75) is 13.0 Å². The third-order valence-corrected chi connectivity index (χ3v) is 3.77. The SMILES string of the molecule is C[C@H]1CN(C(=O)CSCC#N)c2cccc(Cl)c2O1. The molecule has 1 aromatic rings. The first-order valence-corrected chi connectivity index (χ1v) is 7.37. The lowest BCUT2D eigenvalue weighted by atomic mass is 10.2. The number of carbonyl (C=O) groups excluding carboxylic acids is 1. The summed E-state index contributed by atoms with van der Waals surface area (Å²) in [5, 5.41) is 9.00. The van der Waals surface area contributed by atoms with Crippen molar-refractivity contribution in [3.8, 4) is 11.8 Å². The van der Waals surface area contributed by atoms with Gasteiger partial charge in [-0.2, -0.15) is 5.26 Å². The number of halogens is 1. The minimum absolute atomic E-state index is 0.0288. The fraction of sp³-hybridized carbons (Fsp3) is 0.385. The van der Waals surface area contributed by atoms with Crippen LogP contribution in [0, 0.1) is 11.3 Å². The van der Waals surface area contributed by atoms with E-state index in [2.05, 4.69) is 0 Å². The number of rotatable bonds is 3.